The number of pyridine rings is 1. The Balaban J connectivity index is 2.64. The van der Waals surface area contributed by atoms with Gasteiger partial charge in [-0.2, -0.15) is 0 Å². The van der Waals surface area contributed by atoms with Gasteiger partial charge in [-0.1, -0.05) is 15.9 Å². The number of alkyl halides is 1. The molecule has 1 aromatic rings. The molecule has 64 valence electrons. The number of hydrogen-bond acceptors (Lipinski definition) is 3. The van der Waals surface area contributed by atoms with Crippen LogP contribution in [0.25, 0.3) is 0 Å². The van der Waals surface area contributed by atoms with Crippen LogP contribution in [-0.2, 0) is 4.79 Å². The molecule has 1 heterocycles. The topological polar surface area (TPSA) is 68.0 Å². The summed E-state index contributed by atoms with van der Waals surface area (Å²) in [5.74, 6) is 0.327. The van der Waals surface area contributed by atoms with Gasteiger partial charge in [0, 0.05) is 0 Å². The summed E-state index contributed by atoms with van der Waals surface area (Å²) in [7, 11) is 0. The van der Waals surface area contributed by atoms with E-state index in [-0.39, 0.29) is 11.2 Å². The first-order valence-corrected chi connectivity index (χ1v) is 4.42. The van der Waals surface area contributed by atoms with Crippen molar-refractivity contribution < 1.29 is 4.79 Å². The lowest BCUT2D eigenvalue weighted by Crippen LogP contribution is -2.12. The van der Waals surface area contributed by atoms with Crippen LogP contribution in [-0.4, -0.2) is 16.2 Å². The third kappa shape index (κ3) is 2.50. The van der Waals surface area contributed by atoms with Crippen LogP contribution >= 0.6 is 15.9 Å². The lowest BCUT2D eigenvalue weighted by atomic mass is 10.4. The number of carbonyl (C=O) groups is 1. The standard InChI is InChI=1S/C7H8BrN3O/c8-3-7(12)11-5-1-2-6(9)10-4-5/h1-2,4H,3H2,(H2,9,10)(H,11,12). The molecule has 0 saturated heterocycles. The van der Waals surface area contributed by atoms with E-state index in [2.05, 4.69) is 26.2 Å². The molecule has 0 aliphatic carbocycles. The minimum absolute atomic E-state index is 0.110. The van der Waals surface area contributed by atoms with E-state index < -0.39 is 0 Å². The van der Waals surface area contributed by atoms with Gasteiger partial charge in [-0.25, -0.2) is 4.98 Å². The normalized spacial score (nSPS) is 9.42. The number of nitrogens with zero attached hydrogens (tertiary/aromatic N) is 1. The molecule has 0 atom stereocenters. The molecule has 0 fully saturated rings. The fraction of sp³-hybridized carbons (Fsp3) is 0.143. The second-order valence-electron chi connectivity index (χ2n) is 2.15. The number of halogens is 1. The molecule has 3 N–H and O–H groups in total. The minimum atomic E-state index is -0.110. The lowest BCUT2D eigenvalue weighted by molar-refractivity contribution is -0.113. The SMILES string of the molecule is Nc1ccc(NC(=O)CBr)cn1. The summed E-state index contributed by atoms with van der Waals surface area (Å²) >= 11 is 3.03. The van der Waals surface area contributed by atoms with Crippen LogP contribution in [0.2, 0.25) is 0 Å². The first-order valence-electron chi connectivity index (χ1n) is 3.29. The summed E-state index contributed by atoms with van der Waals surface area (Å²) in [6.07, 6.45) is 1.51. The van der Waals surface area contributed by atoms with Crippen molar-refractivity contribution in [2.24, 2.45) is 0 Å². The Kier molecular flexibility index (Phi) is 3.04. The molecular formula is C7H8BrN3O. The Hall–Kier alpha value is -1.10. The molecule has 0 aliphatic heterocycles. The van der Waals surface area contributed by atoms with Crippen molar-refractivity contribution in [2.75, 3.05) is 16.4 Å². The number of nitrogens with one attached hydrogen (secondary N) is 1. The van der Waals surface area contributed by atoms with Gasteiger partial charge in [0.1, 0.15) is 5.82 Å². The highest BCUT2D eigenvalue weighted by atomic mass is 79.9. The van der Waals surface area contributed by atoms with Crippen molar-refractivity contribution in [2.45, 2.75) is 0 Å². The average Bonchev–Trinajstić information content (AvgIpc) is 2.09. The van der Waals surface area contributed by atoms with Crippen LogP contribution in [0.5, 0.6) is 0 Å². The van der Waals surface area contributed by atoms with E-state index in [1.54, 1.807) is 12.1 Å². The van der Waals surface area contributed by atoms with Crippen LogP contribution in [0, 0.1) is 0 Å². The Morgan fingerprint density at radius 3 is 2.92 bits per heavy atom. The van der Waals surface area contributed by atoms with E-state index in [1.807, 2.05) is 0 Å². The molecule has 1 rings (SSSR count). The quantitative estimate of drug-likeness (QED) is 0.744. The summed E-state index contributed by atoms with van der Waals surface area (Å²) in [5.41, 5.74) is 6.00. The second-order valence-corrected chi connectivity index (χ2v) is 2.71. The number of rotatable bonds is 2. The number of aromatic nitrogens is 1. The molecule has 0 radical (unpaired) electrons. The van der Waals surface area contributed by atoms with Crippen molar-refractivity contribution in [3.63, 3.8) is 0 Å². The zero-order chi connectivity index (χ0) is 8.97. The van der Waals surface area contributed by atoms with Crippen molar-refractivity contribution in [1.29, 1.82) is 0 Å². The van der Waals surface area contributed by atoms with Gasteiger partial charge in [-0.15, -0.1) is 0 Å². The number of anilines is 2. The van der Waals surface area contributed by atoms with E-state index in [9.17, 15) is 4.79 Å². The number of nitrogens with two attached hydrogens (primary N) is 1. The Bertz CT molecular complexity index is 272. The smallest absolute Gasteiger partial charge is 0.235 e. The monoisotopic (exact) mass is 229 g/mol. The zero-order valence-corrected chi connectivity index (χ0v) is 7.84. The van der Waals surface area contributed by atoms with Gasteiger partial charge in [-0.05, 0) is 12.1 Å². The zero-order valence-electron chi connectivity index (χ0n) is 6.25. The molecule has 0 aromatic carbocycles. The highest BCUT2D eigenvalue weighted by Gasteiger charge is 1.98. The van der Waals surface area contributed by atoms with Crippen molar-refractivity contribution in [1.82, 2.24) is 4.98 Å². The fourth-order valence-electron chi connectivity index (χ4n) is 0.674. The summed E-state index contributed by atoms with van der Waals surface area (Å²) in [4.78, 5) is 14.7. The Labute approximate surface area is 78.3 Å². The fourth-order valence-corrected chi connectivity index (χ4v) is 0.814. The Morgan fingerprint density at radius 2 is 2.42 bits per heavy atom. The molecule has 0 bridgehead atoms. The largest absolute Gasteiger partial charge is 0.384 e. The van der Waals surface area contributed by atoms with E-state index in [4.69, 9.17) is 5.73 Å². The minimum Gasteiger partial charge on any atom is -0.384 e. The van der Waals surface area contributed by atoms with Crippen LogP contribution in [0.15, 0.2) is 18.3 Å². The van der Waals surface area contributed by atoms with Crippen LogP contribution in [0.3, 0.4) is 0 Å². The number of amides is 1. The summed E-state index contributed by atoms with van der Waals surface area (Å²) in [6.45, 7) is 0. The summed E-state index contributed by atoms with van der Waals surface area (Å²) < 4.78 is 0. The predicted molar refractivity (Wildman–Crippen MR) is 51.1 cm³/mol. The maximum absolute atomic E-state index is 10.8. The van der Waals surface area contributed by atoms with Crippen molar-refractivity contribution in [3.05, 3.63) is 18.3 Å². The predicted octanol–water partition coefficient (Wildman–Crippen LogP) is 0.997. The molecule has 0 unspecified atom stereocenters. The highest BCUT2D eigenvalue weighted by molar-refractivity contribution is 9.09. The van der Waals surface area contributed by atoms with Crippen LogP contribution < -0.4 is 11.1 Å². The van der Waals surface area contributed by atoms with E-state index in [1.165, 1.54) is 6.20 Å². The van der Waals surface area contributed by atoms with Gasteiger partial charge >= 0.3 is 0 Å². The van der Waals surface area contributed by atoms with Crippen LogP contribution in [0.1, 0.15) is 0 Å². The van der Waals surface area contributed by atoms with Gasteiger partial charge in [0.25, 0.3) is 0 Å². The van der Waals surface area contributed by atoms with Gasteiger partial charge in [0.2, 0.25) is 5.91 Å². The van der Waals surface area contributed by atoms with Gasteiger partial charge in [-0.3, -0.25) is 4.79 Å². The van der Waals surface area contributed by atoms with Gasteiger partial charge < -0.3 is 11.1 Å². The molecular weight excluding hydrogens is 222 g/mol. The molecule has 0 saturated carbocycles. The average molecular weight is 230 g/mol. The van der Waals surface area contributed by atoms with Crippen molar-refractivity contribution in [3.8, 4) is 0 Å². The summed E-state index contributed by atoms with van der Waals surface area (Å²) in [5, 5.41) is 2.89. The summed E-state index contributed by atoms with van der Waals surface area (Å²) in [6, 6.07) is 3.33. The number of carbonyl (C=O) groups excluding carboxylic acids is 1. The molecule has 1 amide bonds. The third-order valence-electron chi connectivity index (χ3n) is 1.19. The molecule has 5 heteroatoms. The second kappa shape index (κ2) is 4.06. The maximum atomic E-state index is 10.8. The maximum Gasteiger partial charge on any atom is 0.235 e. The molecule has 1 aromatic heterocycles. The molecule has 0 spiro atoms. The van der Waals surface area contributed by atoms with E-state index in [0.29, 0.717) is 11.5 Å². The first kappa shape index (κ1) is 8.99. The highest BCUT2D eigenvalue weighted by Crippen LogP contribution is 2.06. The Morgan fingerprint density at radius 1 is 1.67 bits per heavy atom. The third-order valence-corrected chi connectivity index (χ3v) is 1.70. The lowest BCUT2D eigenvalue weighted by Gasteiger charge is -2.01. The van der Waals surface area contributed by atoms with Crippen molar-refractivity contribution >= 4 is 33.3 Å². The first-order chi connectivity index (χ1) is 5.72. The van der Waals surface area contributed by atoms with Crippen LogP contribution in [0.4, 0.5) is 11.5 Å². The number of nitrogen functional groups attached to an aromatic ring is 1. The molecule has 4 nitrogen and oxygen atoms in total. The number of hydrogen-bond donors (Lipinski definition) is 2. The van der Waals surface area contributed by atoms with E-state index >= 15 is 0 Å². The van der Waals surface area contributed by atoms with E-state index in [0.717, 1.165) is 0 Å². The molecule has 0 aliphatic rings. The van der Waals surface area contributed by atoms with Gasteiger partial charge in [0.05, 0.1) is 17.2 Å². The molecule has 12 heavy (non-hydrogen) atoms. The van der Waals surface area contributed by atoms with Gasteiger partial charge in [0.15, 0.2) is 0 Å².